The first kappa shape index (κ1) is 17.9. The third-order valence-corrected chi connectivity index (χ3v) is 4.40. The minimum absolute atomic E-state index is 0.180. The molecule has 4 nitrogen and oxygen atoms in total. The van der Waals surface area contributed by atoms with Crippen LogP contribution in [0.2, 0.25) is 10.2 Å². The van der Waals surface area contributed by atoms with Gasteiger partial charge in [-0.3, -0.25) is 4.79 Å². The van der Waals surface area contributed by atoms with E-state index in [9.17, 15) is 4.79 Å². The van der Waals surface area contributed by atoms with Crippen molar-refractivity contribution in [1.29, 1.82) is 5.26 Å². The van der Waals surface area contributed by atoms with Crippen molar-refractivity contribution in [3.63, 3.8) is 0 Å². The molecule has 2 aromatic carbocycles. The molecule has 0 aliphatic heterocycles. The maximum Gasteiger partial charge on any atom is 0.185 e. The predicted octanol–water partition coefficient (Wildman–Crippen LogP) is 5.26. The molecule has 0 unspecified atom stereocenters. The molecule has 26 heavy (non-hydrogen) atoms. The number of rotatable bonds is 4. The Kier molecular flexibility index (Phi) is 5.22. The van der Waals surface area contributed by atoms with Crippen LogP contribution in [0.15, 0.2) is 54.6 Å². The Morgan fingerprint density at radius 1 is 1.19 bits per heavy atom. The van der Waals surface area contributed by atoms with E-state index in [-0.39, 0.29) is 5.78 Å². The zero-order valence-corrected chi connectivity index (χ0v) is 15.3. The fourth-order valence-electron chi connectivity index (χ4n) is 2.44. The van der Waals surface area contributed by atoms with Gasteiger partial charge in [-0.15, -0.1) is 0 Å². The highest BCUT2D eigenvalue weighted by Crippen LogP contribution is 2.26. The van der Waals surface area contributed by atoms with Crippen LogP contribution in [0, 0.1) is 18.3 Å². The van der Waals surface area contributed by atoms with Crippen LogP contribution >= 0.6 is 23.2 Å². The minimum Gasteiger partial charge on any atom is -0.289 e. The number of allylic oxidation sites excluding steroid dienone is 1. The molecular weight excluding hydrogens is 369 g/mol. The first-order chi connectivity index (χ1) is 12.5. The normalized spacial score (nSPS) is 10.8. The molecular formula is C20H13Cl2N3O. The van der Waals surface area contributed by atoms with Gasteiger partial charge in [0.05, 0.1) is 23.0 Å². The molecule has 0 aliphatic rings. The zero-order valence-electron chi connectivity index (χ0n) is 13.8. The fourth-order valence-corrected chi connectivity index (χ4v) is 2.96. The fraction of sp³-hybridized carbons (Fsp3) is 0.0500. The summed E-state index contributed by atoms with van der Waals surface area (Å²) >= 11 is 12.5. The number of ketones is 1. The Hall–Kier alpha value is -2.87. The van der Waals surface area contributed by atoms with Gasteiger partial charge in [0, 0.05) is 16.1 Å². The van der Waals surface area contributed by atoms with E-state index in [0.717, 1.165) is 5.69 Å². The van der Waals surface area contributed by atoms with E-state index in [1.165, 1.54) is 6.08 Å². The van der Waals surface area contributed by atoms with Crippen molar-refractivity contribution in [3.8, 4) is 11.8 Å². The smallest absolute Gasteiger partial charge is 0.185 e. The highest BCUT2D eigenvalue weighted by molar-refractivity contribution is 6.32. The maximum absolute atomic E-state index is 12.3. The van der Waals surface area contributed by atoms with Crippen LogP contribution in [0.4, 0.5) is 0 Å². The number of aryl methyl sites for hydroxylation is 1. The number of hydrogen-bond acceptors (Lipinski definition) is 3. The van der Waals surface area contributed by atoms with Crippen LogP contribution in [0.3, 0.4) is 0 Å². The van der Waals surface area contributed by atoms with Crippen molar-refractivity contribution in [2.24, 2.45) is 0 Å². The average Bonchev–Trinajstić information content (AvgIpc) is 2.94. The Morgan fingerprint density at radius 2 is 1.92 bits per heavy atom. The number of carbonyl (C=O) groups is 1. The molecule has 128 valence electrons. The molecule has 0 aliphatic carbocycles. The number of nitriles is 1. The maximum atomic E-state index is 12.3. The van der Waals surface area contributed by atoms with E-state index in [2.05, 4.69) is 5.10 Å². The molecule has 0 bridgehead atoms. The molecule has 1 heterocycles. The molecule has 0 atom stereocenters. The van der Waals surface area contributed by atoms with E-state index < -0.39 is 0 Å². The van der Waals surface area contributed by atoms with Gasteiger partial charge in [0.1, 0.15) is 5.15 Å². The van der Waals surface area contributed by atoms with E-state index in [1.807, 2.05) is 25.1 Å². The standard InChI is InChI=1S/C20H13Cl2N3O/c1-13-18(9-10-19(26)15-7-5-14(12-23)6-8-15)20(22)25(24-13)17-4-2-3-16(21)11-17/h2-11H,1H3. The molecule has 0 amide bonds. The van der Waals surface area contributed by atoms with E-state index >= 15 is 0 Å². The third kappa shape index (κ3) is 3.70. The van der Waals surface area contributed by atoms with Crippen molar-refractivity contribution in [1.82, 2.24) is 9.78 Å². The molecule has 0 spiro atoms. The molecule has 0 saturated heterocycles. The van der Waals surface area contributed by atoms with Crippen LogP contribution in [-0.2, 0) is 0 Å². The van der Waals surface area contributed by atoms with Crippen LogP contribution in [0.25, 0.3) is 11.8 Å². The van der Waals surface area contributed by atoms with Gasteiger partial charge in [0.2, 0.25) is 0 Å². The van der Waals surface area contributed by atoms with Gasteiger partial charge in [-0.05, 0) is 61.5 Å². The van der Waals surface area contributed by atoms with E-state index in [0.29, 0.717) is 32.6 Å². The van der Waals surface area contributed by atoms with Gasteiger partial charge in [-0.1, -0.05) is 29.3 Å². The Balaban J connectivity index is 1.89. The van der Waals surface area contributed by atoms with Crippen molar-refractivity contribution in [2.75, 3.05) is 0 Å². The molecule has 1 aromatic heterocycles. The second kappa shape index (κ2) is 7.57. The molecule has 3 aromatic rings. The Bertz CT molecular complexity index is 1040. The van der Waals surface area contributed by atoms with Gasteiger partial charge in [-0.2, -0.15) is 10.4 Å². The minimum atomic E-state index is -0.180. The van der Waals surface area contributed by atoms with Gasteiger partial charge in [-0.25, -0.2) is 4.68 Å². The lowest BCUT2D eigenvalue weighted by Crippen LogP contribution is -1.96. The van der Waals surface area contributed by atoms with Gasteiger partial charge in [0.25, 0.3) is 0 Å². The van der Waals surface area contributed by atoms with Crippen LogP contribution in [-0.4, -0.2) is 15.6 Å². The summed E-state index contributed by atoms with van der Waals surface area (Å²) in [6.07, 6.45) is 3.09. The van der Waals surface area contributed by atoms with E-state index in [1.54, 1.807) is 47.2 Å². The monoisotopic (exact) mass is 381 g/mol. The second-order valence-electron chi connectivity index (χ2n) is 5.57. The summed E-state index contributed by atoms with van der Waals surface area (Å²) in [6, 6.07) is 15.7. The molecule has 3 rings (SSSR count). The number of nitrogens with zero attached hydrogens (tertiary/aromatic N) is 3. The first-order valence-corrected chi connectivity index (χ1v) is 8.49. The van der Waals surface area contributed by atoms with Crippen LogP contribution in [0.5, 0.6) is 0 Å². The zero-order chi connectivity index (χ0) is 18.7. The van der Waals surface area contributed by atoms with Crippen molar-refractivity contribution in [2.45, 2.75) is 6.92 Å². The Morgan fingerprint density at radius 3 is 2.58 bits per heavy atom. The summed E-state index contributed by atoms with van der Waals surface area (Å²) in [5.41, 5.74) is 3.10. The quantitative estimate of drug-likeness (QED) is 0.457. The number of carbonyl (C=O) groups excluding carboxylic acids is 1. The Labute approximate surface area is 160 Å². The van der Waals surface area contributed by atoms with E-state index in [4.69, 9.17) is 28.5 Å². The predicted molar refractivity (Wildman–Crippen MR) is 103 cm³/mol. The number of benzene rings is 2. The van der Waals surface area contributed by atoms with Gasteiger partial charge < -0.3 is 0 Å². The molecule has 0 fully saturated rings. The lowest BCUT2D eigenvalue weighted by atomic mass is 10.1. The third-order valence-electron chi connectivity index (χ3n) is 3.80. The van der Waals surface area contributed by atoms with Crippen molar-refractivity contribution >= 4 is 35.1 Å². The summed E-state index contributed by atoms with van der Waals surface area (Å²) < 4.78 is 1.58. The summed E-state index contributed by atoms with van der Waals surface area (Å²) in [7, 11) is 0. The summed E-state index contributed by atoms with van der Waals surface area (Å²) in [6.45, 7) is 1.82. The molecule has 6 heteroatoms. The molecule has 0 N–H and O–H groups in total. The summed E-state index contributed by atoms with van der Waals surface area (Å²) in [5.74, 6) is -0.180. The SMILES string of the molecule is Cc1nn(-c2cccc(Cl)c2)c(Cl)c1C=CC(=O)c1ccc(C#N)cc1. The van der Waals surface area contributed by atoms with Gasteiger partial charge >= 0.3 is 0 Å². The van der Waals surface area contributed by atoms with Crippen LogP contribution in [0.1, 0.15) is 27.2 Å². The largest absolute Gasteiger partial charge is 0.289 e. The molecule has 0 radical (unpaired) electrons. The second-order valence-corrected chi connectivity index (χ2v) is 6.36. The highest BCUT2D eigenvalue weighted by Gasteiger charge is 2.13. The van der Waals surface area contributed by atoms with Crippen molar-refractivity contribution in [3.05, 3.63) is 87.2 Å². The average molecular weight is 382 g/mol. The van der Waals surface area contributed by atoms with Crippen LogP contribution < -0.4 is 0 Å². The van der Waals surface area contributed by atoms with Gasteiger partial charge in [0.15, 0.2) is 5.78 Å². The topological polar surface area (TPSA) is 58.7 Å². The number of halogens is 2. The highest BCUT2D eigenvalue weighted by atomic mass is 35.5. The first-order valence-electron chi connectivity index (χ1n) is 7.73. The lowest BCUT2D eigenvalue weighted by Gasteiger charge is -2.03. The number of hydrogen-bond donors (Lipinski definition) is 0. The summed E-state index contributed by atoms with van der Waals surface area (Å²) in [4.78, 5) is 12.3. The molecule has 0 saturated carbocycles. The summed E-state index contributed by atoms with van der Waals surface area (Å²) in [5, 5.41) is 14.2. The van der Waals surface area contributed by atoms with Crippen molar-refractivity contribution < 1.29 is 4.79 Å². The number of aromatic nitrogens is 2. The lowest BCUT2D eigenvalue weighted by molar-refractivity contribution is 0.104.